The predicted molar refractivity (Wildman–Crippen MR) is 44.0 cm³/mol. The van der Waals surface area contributed by atoms with E-state index in [9.17, 15) is 18.0 Å². The van der Waals surface area contributed by atoms with Crippen LogP contribution in [0.1, 0.15) is 18.2 Å². The smallest absolute Gasteiger partial charge is 0.449 e. The van der Waals surface area contributed by atoms with E-state index in [0.717, 1.165) is 12.3 Å². The van der Waals surface area contributed by atoms with Crippen LogP contribution in [0.25, 0.3) is 0 Å². The van der Waals surface area contributed by atoms with Crippen molar-refractivity contribution in [3.63, 3.8) is 0 Å². The first kappa shape index (κ1) is 11.6. The van der Waals surface area contributed by atoms with Crippen LogP contribution in [0.3, 0.4) is 0 Å². The number of carbonyl (C=O) groups is 1. The summed E-state index contributed by atoms with van der Waals surface area (Å²) in [6, 6.07) is 1.11. The molecule has 0 spiro atoms. The highest BCUT2D eigenvalue weighted by molar-refractivity contribution is 5.72. The quantitative estimate of drug-likeness (QED) is 0.737. The van der Waals surface area contributed by atoms with Crippen molar-refractivity contribution < 1.29 is 27.1 Å². The number of halogens is 3. The van der Waals surface area contributed by atoms with E-state index < -0.39 is 24.3 Å². The van der Waals surface area contributed by atoms with Gasteiger partial charge in [-0.1, -0.05) is 0 Å². The van der Waals surface area contributed by atoms with Crippen molar-refractivity contribution in [2.75, 3.05) is 6.61 Å². The highest BCUT2D eigenvalue weighted by Gasteiger charge is 2.37. The zero-order valence-corrected chi connectivity index (χ0v) is 7.93. The van der Waals surface area contributed by atoms with Crippen molar-refractivity contribution in [1.29, 1.82) is 0 Å². The molecule has 0 atom stereocenters. The van der Waals surface area contributed by atoms with Crippen LogP contribution in [-0.2, 0) is 22.1 Å². The van der Waals surface area contributed by atoms with Crippen molar-refractivity contribution >= 4 is 5.97 Å². The topological polar surface area (TPSA) is 39.4 Å². The van der Waals surface area contributed by atoms with Crippen LogP contribution < -0.4 is 0 Å². The first-order chi connectivity index (χ1) is 6.95. The summed E-state index contributed by atoms with van der Waals surface area (Å²) in [5, 5.41) is 0. The lowest BCUT2D eigenvalue weighted by Crippen LogP contribution is -2.12. The van der Waals surface area contributed by atoms with Crippen molar-refractivity contribution in [2.24, 2.45) is 0 Å². The van der Waals surface area contributed by atoms with E-state index in [-0.39, 0.29) is 12.2 Å². The van der Waals surface area contributed by atoms with E-state index in [1.54, 1.807) is 6.92 Å². The minimum absolute atomic E-state index is 0.137. The summed E-state index contributed by atoms with van der Waals surface area (Å²) >= 11 is 0. The summed E-state index contributed by atoms with van der Waals surface area (Å²) in [4.78, 5) is 11.0. The number of alkyl halides is 3. The molecular formula is C9H9F3O3. The van der Waals surface area contributed by atoms with Crippen molar-refractivity contribution in [2.45, 2.75) is 19.5 Å². The van der Waals surface area contributed by atoms with Gasteiger partial charge in [0.15, 0.2) is 0 Å². The van der Waals surface area contributed by atoms with E-state index >= 15 is 0 Å². The summed E-state index contributed by atoms with van der Waals surface area (Å²) in [5.41, 5.74) is -0.207. The molecule has 0 aliphatic carbocycles. The number of esters is 1. The highest BCUT2D eigenvalue weighted by Crippen LogP contribution is 2.32. The van der Waals surface area contributed by atoms with Crippen molar-refractivity contribution in [1.82, 2.24) is 0 Å². The van der Waals surface area contributed by atoms with Gasteiger partial charge in [0, 0.05) is 5.56 Å². The average molecular weight is 222 g/mol. The highest BCUT2D eigenvalue weighted by atomic mass is 19.4. The van der Waals surface area contributed by atoms with Gasteiger partial charge in [0.05, 0.1) is 19.3 Å². The minimum atomic E-state index is -4.58. The Labute approximate surface area is 83.8 Å². The number of rotatable bonds is 3. The Balaban J connectivity index is 2.78. The maximum atomic E-state index is 12.3. The second kappa shape index (κ2) is 4.37. The molecule has 0 aliphatic heterocycles. The first-order valence-electron chi connectivity index (χ1n) is 4.24. The third-order valence-corrected chi connectivity index (χ3v) is 1.64. The Kier molecular flexibility index (Phi) is 3.39. The number of furan rings is 1. The van der Waals surface area contributed by atoms with Gasteiger partial charge in [0.2, 0.25) is 5.76 Å². The van der Waals surface area contributed by atoms with Gasteiger partial charge in [-0.15, -0.1) is 0 Å². The summed E-state index contributed by atoms with van der Waals surface area (Å²) in [6.07, 6.45) is -4.11. The molecule has 0 fully saturated rings. The maximum Gasteiger partial charge on any atom is 0.449 e. The fourth-order valence-corrected chi connectivity index (χ4v) is 1.09. The molecule has 1 rings (SSSR count). The van der Waals surface area contributed by atoms with Gasteiger partial charge >= 0.3 is 12.1 Å². The molecule has 1 aromatic heterocycles. The molecule has 0 radical (unpaired) electrons. The van der Waals surface area contributed by atoms with Gasteiger partial charge in [0.25, 0.3) is 0 Å². The van der Waals surface area contributed by atoms with Crippen LogP contribution in [0.15, 0.2) is 16.7 Å². The summed E-state index contributed by atoms with van der Waals surface area (Å²) in [5.74, 6) is -1.85. The van der Waals surface area contributed by atoms with E-state index in [1.807, 2.05) is 0 Å². The molecule has 3 nitrogen and oxygen atoms in total. The Morgan fingerprint density at radius 2 is 2.20 bits per heavy atom. The van der Waals surface area contributed by atoms with Crippen molar-refractivity contribution in [3.05, 3.63) is 23.7 Å². The molecule has 0 N–H and O–H groups in total. The molecule has 6 heteroatoms. The first-order valence-corrected chi connectivity index (χ1v) is 4.24. The Morgan fingerprint density at radius 1 is 1.53 bits per heavy atom. The molecular weight excluding hydrogens is 213 g/mol. The molecule has 0 saturated heterocycles. The van der Waals surface area contributed by atoms with E-state index in [1.165, 1.54) is 0 Å². The molecule has 84 valence electrons. The van der Waals surface area contributed by atoms with E-state index in [4.69, 9.17) is 0 Å². The third kappa shape index (κ3) is 3.00. The molecule has 0 amide bonds. The largest absolute Gasteiger partial charge is 0.466 e. The molecule has 15 heavy (non-hydrogen) atoms. The van der Waals surface area contributed by atoms with Gasteiger partial charge in [-0.25, -0.2) is 0 Å². The molecule has 0 aliphatic rings. The Morgan fingerprint density at radius 3 is 2.73 bits per heavy atom. The maximum absolute atomic E-state index is 12.3. The second-order valence-corrected chi connectivity index (χ2v) is 2.75. The van der Waals surface area contributed by atoms with Gasteiger partial charge in [-0.3, -0.25) is 4.79 Å². The monoisotopic (exact) mass is 222 g/mol. The normalized spacial score (nSPS) is 11.5. The fraction of sp³-hybridized carbons (Fsp3) is 0.444. The average Bonchev–Trinajstić information content (AvgIpc) is 2.51. The minimum Gasteiger partial charge on any atom is -0.466 e. The van der Waals surface area contributed by atoms with E-state index in [0.29, 0.717) is 0 Å². The fourth-order valence-electron chi connectivity index (χ4n) is 1.09. The van der Waals surface area contributed by atoms with Crippen LogP contribution in [0.5, 0.6) is 0 Å². The van der Waals surface area contributed by atoms with Crippen LogP contribution in [0, 0.1) is 0 Å². The molecule has 1 aromatic rings. The molecule has 0 saturated carbocycles. The summed E-state index contributed by atoms with van der Waals surface area (Å²) < 4.78 is 45.6. The lowest BCUT2D eigenvalue weighted by Gasteiger charge is -2.05. The number of hydrogen-bond donors (Lipinski definition) is 0. The predicted octanol–water partition coefficient (Wildman–Crippen LogP) is 2.40. The number of ether oxygens (including phenoxy) is 1. The SMILES string of the molecule is CCOC(=O)Cc1ccoc1C(F)(F)F. The van der Waals surface area contributed by atoms with Crippen LogP contribution in [-0.4, -0.2) is 12.6 Å². The van der Waals surface area contributed by atoms with Gasteiger partial charge in [0.1, 0.15) is 0 Å². The zero-order chi connectivity index (χ0) is 11.5. The molecule has 0 bridgehead atoms. The van der Waals surface area contributed by atoms with E-state index in [2.05, 4.69) is 9.15 Å². The van der Waals surface area contributed by atoms with Crippen molar-refractivity contribution in [3.8, 4) is 0 Å². The Hall–Kier alpha value is -1.46. The number of carbonyl (C=O) groups excluding carboxylic acids is 1. The van der Waals surface area contributed by atoms with Gasteiger partial charge < -0.3 is 9.15 Å². The molecule has 1 heterocycles. The Bertz CT molecular complexity index is 341. The van der Waals surface area contributed by atoms with Crippen LogP contribution in [0.4, 0.5) is 13.2 Å². The standard InChI is InChI=1S/C9H9F3O3/c1-2-14-7(13)5-6-3-4-15-8(6)9(10,11)12/h3-4H,2,5H2,1H3. The lowest BCUT2D eigenvalue weighted by atomic mass is 10.2. The summed E-state index contributed by atoms with van der Waals surface area (Å²) in [6.45, 7) is 1.72. The van der Waals surface area contributed by atoms with Gasteiger partial charge in [-0.05, 0) is 13.0 Å². The third-order valence-electron chi connectivity index (χ3n) is 1.64. The van der Waals surface area contributed by atoms with Crippen LogP contribution >= 0.6 is 0 Å². The zero-order valence-electron chi connectivity index (χ0n) is 7.93. The molecule has 0 aromatic carbocycles. The van der Waals surface area contributed by atoms with Crippen LogP contribution in [0.2, 0.25) is 0 Å². The van der Waals surface area contributed by atoms with Gasteiger partial charge in [-0.2, -0.15) is 13.2 Å². The second-order valence-electron chi connectivity index (χ2n) is 2.75. The summed E-state index contributed by atoms with van der Waals surface area (Å²) in [7, 11) is 0. The number of hydrogen-bond acceptors (Lipinski definition) is 3. The lowest BCUT2D eigenvalue weighted by molar-refractivity contribution is -0.154. The molecule has 0 unspecified atom stereocenters.